The van der Waals surface area contributed by atoms with E-state index >= 15 is 0 Å². The van der Waals surface area contributed by atoms with Crippen LogP contribution in [0, 0.1) is 17.0 Å². The summed E-state index contributed by atoms with van der Waals surface area (Å²) in [5, 5.41) is 19.4. The topological polar surface area (TPSA) is 129 Å². The van der Waals surface area contributed by atoms with E-state index in [1.807, 2.05) is 31.2 Å². The van der Waals surface area contributed by atoms with Crippen molar-refractivity contribution < 1.29 is 14.5 Å². The first-order chi connectivity index (χ1) is 19.4. The zero-order valence-electron chi connectivity index (χ0n) is 22.1. The lowest BCUT2D eigenvalue weighted by Crippen LogP contribution is -2.25. The summed E-state index contributed by atoms with van der Waals surface area (Å²) < 4.78 is 6.80. The van der Waals surface area contributed by atoms with Crippen molar-refractivity contribution in [3.8, 4) is 5.75 Å². The van der Waals surface area contributed by atoms with Crippen molar-refractivity contribution in [2.24, 2.45) is 5.10 Å². The fraction of sp³-hybridized carbons (Fsp3) is 0.267. The van der Waals surface area contributed by atoms with Crippen LogP contribution in [0.2, 0.25) is 0 Å². The van der Waals surface area contributed by atoms with Gasteiger partial charge in [-0.25, -0.2) is 4.98 Å². The van der Waals surface area contributed by atoms with Crippen LogP contribution in [0.3, 0.4) is 0 Å². The Bertz CT molecular complexity index is 1640. The molecule has 4 aromatic rings. The van der Waals surface area contributed by atoms with Crippen molar-refractivity contribution in [3.05, 3.63) is 104 Å². The predicted octanol–water partition coefficient (Wildman–Crippen LogP) is 5.56. The van der Waals surface area contributed by atoms with Gasteiger partial charge in [0.25, 0.3) is 11.5 Å². The molecule has 0 unspecified atom stereocenters. The molecular formula is C30H29N5O5. The number of anilines is 1. The molecule has 0 spiro atoms. The number of benzene rings is 3. The fourth-order valence-corrected chi connectivity index (χ4v) is 4.86. The molecule has 1 aromatic heterocycles. The van der Waals surface area contributed by atoms with Gasteiger partial charge in [-0.3, -0.25) is 19.7 Å². The summed E-state index contributed by atoms with van der Waals surface area (Å²) in [5.41, 5.74) is 2.09. The van der Waals surface area contributed by atoms with E-state index in [9.17, 15) is 19.7 Å². The minimum Gasteiger partial charge on any atom is -0.477 e. The molecule has 0 atom stereocenters. The molecule has 1 fully saturated rings. The molecule has 0 bridgehead atoms. The molecule has 1 aliphatic carbocycles. The molecule has 5 rings (SSSR count). The lowest BCUT2D eigenvalue weighted by Gasteiger charge is -2.22. The van der Waals surface area contributed by atoms with Crippen molar-refractivity contribution in [1.82, 2.24) is 9.66 Å². The number of carbonyl (C=O) groups excluding carboxylic acids is 1. The van der Waals surface area contributed by atoms with Gasteiger partial charge in [0.05, 0.1) is 22.0 Å². The Balaban J connectivity index is 1.39. The Kier molecular flexibility index (Phi) is 7.95. The monoisotopic (exact) mass is 539 g/mol. The smallest absolute Gasteiger partial charge is 0.311 e. The van der Waals surface area contributed by atoms with Gasteiger partial charge in [0.1, 0.15) is 5.82 Å². The number of para-hydroxylation sites is 1. The first kappa shape index (κ1) is 26.7. The summed E-state index contributed by atoms with van der Waals surface area (Å²) in [6.45, 7) is 1.54. The Morgan fingerprint density at radius 1 is 1.12 bits per heavy atom. The lowest BCUT2D eigenvalue weighted by molar-refractivity contribution is -0.385. The molecule has 10 nitrogen and oxygen atoms in total. The highest BCUT2D eigenvalue weighted by Crippen LogP contribution is 2.32. The number of amides is 1. The van der Waals surface area contributed by atoms with Gasteiger partial charge in [0, 0.05) is 23.2 Å². The second-order valence-corrected chi connectivity index (χ2v) is 9.87. The summed E-state index contributed by atoms with van der Waals surface area (Å²) in [4.78, 5) is 41.7. The number of hydrogen-bond donors (Lipinski definition) is 1. The van der Waals surface area contributed by atoms with Gasteiger partial charge in [-0.15, -0.1) is 0 Å². The highest BCUT2D eigenvalue weighted by molar-refractivity contribution is 5.92. The quantitative estimate of drug-likeness (QED) is 0.177. The van der Waals surface area contributed by atoms with Crippen LogP contribution < -0.4 is 15.6 Å². The van der Waals surface area contributed by atoms with Crippen molar-refractivity contribution in [2.45, 2.75) is 44.9 Å². The molecule has 10 heteroatoms. The summed E-state index contributed by atoms with van der Waals surface area (Å²) in [6, 6.07) is 18.7. The SMILES string of the molecule is Cc1ccc(NC(=O)COc2ccc(C=Nn3c(C4CCCCC4)nc4ccccc4c3=O)cc2[N+](=O)[O-])cc1. The second-order valence-electron chi connectivity index (χ2n) is 9.87. The molecular weight excluding hydrogens is 510 g/mol. The number of carbonyl (C=O) groups is 1. The van der Waals surface area contributed by atoms with Gasteiger partial charge in [-0.1, -0.05) is 49.1 Å². The molecule has 1 amide bonds. The van der Waals surface area contributed by atoms with Crippen LogP contribution in [0.4, 0.5) is 11.4 Å². The third-order valence-corrected chi connectivity index (χ3v) is 6.95. The highest BCUT2D eigenvalue weighted by atomic mass is 16.6. The normalized spacial score (nSPS) is 13.9. The van der Waals surface area contributed by atoms with E-state index in [0.29, 0.717) is 28.0 Å². The van der Waals surface area contributed by atoms with Crippen molar-refractivity contribution in [1.29, 1.82) is 0 Å². The van der Waals surface area contributed by atoms with Gasteiger partial charge in [-0.2, -0.15) is 9.78 Å². The van der Waals surface area contributed by atoms with Crippen LogP contribution in [0.15, 0.2) is 76.6 Å². The van der Waals surface area contributed by atoms with Gasteiger partial charge in [-0.05, 0) is 56.2 Å². The Morgan fingerprint density at radius 2 is 1.88 bits per heavy atom. The molecule has 1 saturated carbocycles. The average molecular weight is 540 g/mol. The zero-order valence-corrected chi connectivity index (χ0v) is 22.1. The molecule has 3 aromatic carbocycles. The summed E-state index contributed by atoms with van der Waals surface area (Å²) in [5.74, 6) is 0.226. The Hall–Kier alpha value is -4.86. The molecule has 0 aliphatic heterocycles. The maximum Gasteiger partial charge on any atom is 0.311 e. The first-order valence-corrected chi connectivity index (χ1v) is 13.2. The average Bonchev–Trinajstić information content (AvgIpc) is 2.97. The zero-order chi connectivity index (χ0) is 28.1. The van der Waals surface area contributed by atoms with E-state index in [-0.39, 0.29) is 22.9 Å². The Morgan fingerprint density at radius 3 is 2.62 bits per heavy atom. The number of nitrogens with one attached hydrogen (secondary N) is 1. The Labute approximate surface area is 230 Å². The number of ether oxygens (including phenoxy) is 1. The van der Waals surface area contributed by atoms with Crippen LogP contribution in [0.1, 0.15) is 55.0 Å². The van der Waals surface area contributed by atoms with E-state index in [1.54, 1.807) is 30.3 Å². The van der Waals surface area contributed by atoms with Gasteiger partial charge in [0.2, 0.25) is 0 Å². The van der Waals surface area contributed by atoms with Crippen LogP contribution in [-0.4, -0.2) is 33.3 Å². The molecule has 40 heavy (non-hydrogen) atoms. The van der Waals surface area contributed by atoms with E-state index in [2.05, 4.69) is 10.4 Å². The van der Waals surface area contributed by atoms with E-state index in [4.69, 9.17) is 9.72 Å². The molecule has 0 radical (unpaired) electrons. The number of nitrogens with zero attached hydrogens (tertiary/aromatic N) is 4. The summed E-state index contributed by atoms with van der Waals surface area (Å²) in [7, 11) is 0. The van der Waals surface area contributed by atoms with E-state index in [0.717, 1.165) is 37.7 Å². The van der Waals surface area contributed by atoms with E-state index < -0.39 is 17.4 Å². The molecule has 1 heterocycles. The molecule has 0 saturated heterocycles. The number of nitro groups is 1. The minimum absolute atomic E-state index is 0.0476. The molecule has 204 valence electrons. The number of nitro benzene ring substituents is 1. The standard InChI is InChI=1S/C30H29N5O5/c1-20-11-14-23(15-12-20)32-28(36)19-40-27-16-13-21(17-26(27)35(38)39)18-31-34-29(22-7-3-2-4-8-22)33-25-10-6-5-9-24(25)30(34)37/h5-6,9-18,22H,2-4,7-8,19H2,1H3,(H,32,36). The first-order valence-electron chi connectivity index (χ1n) is 13.2. The number of rotatable bonds is 8. The lowest BCUT2D eigenvalue weighted by atomic mass is 9.88. The number of hydrogen-bond acceptors (Lipinski definition) is 7. The third kappa shape index (κ3) is 6.06. The van der Waals surface area contributed by atoms with Crippen molar-refractivity contribution >= 4 is 34.4 Å². The highest BCUT2D eigenvalue weighted by Gasteiger charge is 2.23. The fourth-order valence-electron chi connectivity index (χ4n) is 4.86. The van der Waals surface area contributed by atoms with Crippen LogP contribution >= 0.6 is 0 Å². The molecule has 1 aliphatic rings. The van der Waals surface area contributed by atoms with Crippen LogP contribution in [-0.2, 0) is 4.79 Å². The third-order valence-electron chi connectivity index (χ3n) is 6.95. The van der Waals surface area contributed by atoms with Crippen LogP contribution in [0.5, 0.6) is 5.75 Å². The van der Waals surface area contributed by atoms with Crippen LogP contribution in [0.25, 0.3) is 10.9 Å². The second kappa shape index (κ2) is 11.9. The molecule has 1 N–H and O–H groups in total. The number of aromatic nitrogens is 2. The summed E-state index contributed by atoms with van der Waals surface area (Å²) in [6.07, 6.45) is 6.54. The van der Waals surface area contributed by atoms with Gasteiger partial charge >= 0.3 is 5.69 Å². The largest absolute Gasteiger partial charge is 0.477 e. The number of aryl methyl sites for hydroxylation is 1. The van der Waals surface area contributed by atoms with Gasteiger partial charge in [0.15, 0.2) is 12.4 Å². The number of fused-ring (bicyclic) bond motifs is 1. The predicted molar refractivity (Wildman–Crippen MR) is 153 cm³/mol. The van der Waals surface area contributed by atoms with Crippen molar-refractivity contribution in [2.75, 3.05) is 11.9 Å². The minimum atomic E-state index is -0.582. The maximum absolute atomic E-state index is 13.4. The van der Waals surface area contributed by atoms with Crippen molar-refractivity contribution in [3.63, 3.8) is 0 Å². The summed E-state index contributed by atoms with van der Waals surface area (Å²) >= 11 is 0. The van der Waals surface area contributed by atoms with E-state index in [1.165, 1.54) is 23.0 Å². The maximum atomic E-state index is 13.4. The van der Waals surface area contributed by atoms with Gasteiger partial charge < -0.3 is 10.1 Å².